The standard InChI is InChI=1S/C14H12N2O/c15-11-13-7-4-9-16(14(13)17)10-8-12-5-2-1-3-6-12/h1-7,9H,8,10H2. The van der Waals surface area contributed by atoms with Gasteiger partial charge in [0, 0.05) is 12.7 Å². The fraction of sp³-hybridized carbons (Fsp3) is 0.143. The zero-order chi connectivity index (χ0) is 12.1. The van der Waals surface area contributed by atoms with Crippen molar-refractivity contribution in [1.29, 1.82) is 5.26 Å². The monoisotopic (exact) mass is 224 g/mol. The molecule has 84 valence electrons. The summed E-state index contributed by atoms with van der Waals surface area (Å²) in [6, 6.07) is 15.1. The van der Waals surface area contributed by atoms with Crippen molar-refractivity contribution in [2.45, 2.75) is 13.0 Å². The maximum Gasteiger partial charge on any atom is 0.268 e. The Balaban J connectivity index is 2.16. The second-order valence-corrected chi connectivity index (χ2v) is 3.77. The van der Waals surface area contributed by atoms with Gasteiger partial charge in [-0.1, -0.05) is 30.3 Å². The third-order valence-electron chi connectivity index (χ3n) is 2.62. The van der Waals surface area contributed by atoms with Gasteiger partial charge in [-0.15, -0.1) is 0 Å². The van der Waals surface area contributed by atoms with Crippen LogP contribution in [0.25, 0.3) is 0 Å². The normalized spacial score (nSPS) is 9.82. The highest BCUT2D eigenvalue weighted by atomic mass is 16.1. The Morgan fingerprint density at radius 2 is 1.88 bits per heavy atom. The van der Waals surface area contributed by atoms with E-state index in [1.165, 1.54) is 5.56 Å². The molecular formula is C14H12N2O. The van der Waals surface area contributed by atoms with Crippen LogP contribution in [0.4, 0.5) is 0 Å². The fourth-order valence-electron chi connectivity index (χ4n) is 1.69. The SMILES string of the molecule is N#Cc1cccn(CCc2ccccc2)c1=O. The smallest absolute Gasteiger partial charge is 0.268 e. The lowest BCUT2D eigenvalue weighted by molar-refractivity contribution is 0.668. The van der Waals surface area contributed by atoms with Gasteiger partial charge in [-0.2, -0.15) is 5.26 Å². The van der Waals surface area contributed by atoms with E-state index >= 15 is 0 Å². The predicted molar refractivity (Wildman–Crippen MR) is 65.6 cm³/mol. The Kier molecular flexibility index (Phi) is 3.37. The molecule has 0 amide bonds. The first-order valence-corrected chi connectivity index (χ1v) is 5.45. The van der Waals surface area contributed by atoms with Crippen LogP contribution in [0.2, 0.25) is 0 Å². The zero-order valence-electron chi connectivity index (χ0n) is 9.34. The van der Waals surface area contributed by atoms with Gasteiger partial charge < -0.3 is 4.57 Å². The third kappa shape index (κ3) is 2.61. The number of aryl methyl sites for hydroxylation is 2. The first-order valence-electron chi connectivity index (χ1n) is 5.45. The number of hydrogen-bond donors (Lipinski definition) is 0. The van der Waals surface area contributed by atoms with Gasteiger partial charge in [-0.3, -0.25) is 4.79 Å². The molecule has 2 rings (SSSR count). The molecule has 0 aliphatic rings. The Hall–Kier alpha value is -2.34. The molecule has 0 aliphatic heterocycles. The second-order valence-electron chi connectivity index (χ2n) is 3.77. The molecule has 0 atom stereocenters. The zero-order valence-corrected chi connectivity index (χ0v) is 9.34. The van der Waals surface area contributed by atoms with Gasteiger partial charge in [0.2, 0.25) is 0 Å². The van der Waals surface area contributed by atoms with Crippen LogP contribution in [-0.2, 0) is 13.0 Å². The summed E-state index contributed by atoms with van der Waals surface area (Å²) in [7, 11) is 0. The van der Waals surface area contributed by atoms with E-state index < -0.39 is 0 Å². The van der Waals surface area contributed by atoms with Crippen molar-refractivity contribution in [3.05, 3.63) is 70.1 Å². The van der Waals surface area contributed by atoms with Crippen molar-refractivity contribution < 1.29 is 0 Å². The minimum absolute atomic E-state index is 0.195. The first-order chi connectivity index (χ1) is 8.31. The third-order valence-corrected chi connectivity index (χ3v) is 2.62. The Labute approximate surface area is 99.6 Å². The highest BCUT2D eigenvalue weighted by molar-refractivity contribution is 5.25. The average molecular weight is 224 g/mol. The van der Waals surface area contributed by atoms with Crippen molar-refractivity contribution in [2.24, 2.45) is 0 Å². The summed E-state index contributed by atoms with van der Waals surface area (Å²) in [5, 5.41) is 8.76. The van der Waals surface area contributed by atoms with E-state index in [-0.39, 0.29) is 11.1 Å². The van der Waals surface area contributed by atoms with Crippen LogP contribution in [0, 0.1) is 11.3 Å². The van der Waals surface area contributed by atoms with Gasteiger partial charge in [0.15, 0.2) is 0 Å². The maximum absolute atomic E-state index is 11.8. The van der Waals surface area contributed by atoms with Crippen LogP contribution in [0.1, 0.15) is 11.1 Å². The van der Waals surface area contributed by atoms with E-state index in [9.17, 15) is 4.79 Å². The van der Waals surface area contributed by atoms with Crippen LogP contribution >= 0.6 is 0 Å². The van der Waals surface area contributed by atoms with E-state index in [1.807, 2.05) is 36.4 Å². The summed E-state index contributed by atoms with van der Waals surface area (Å²) in [6.45, 7) is 0.596. The van der Waals surface area contributed by atoms with Crippen molar-refractivity contribution in [1.82, 2.24) is 4.57 Å². The molecule has 3 heteroatoms. The van der Waals surface area contributed by atoms with Gasteiger partial charge in [-0.05, 0) is 24.1 Å². The van der Waals surface area contributed by atoms with E-state index in [4.69, 9.17) is 5.26 Å². The largest absolute Gasteiger partial charge is 0.314 e. The lowest BCUT2D eigenvalue weighted by atomic mass is 10.1. The molecular weight excluding hydrogens is 212 g/mol. The summed E-state index contributed by atoms with van der Waals surface area (Å²) in [5.41, 5.74) is 1.16. The quantitative estimate of drug-likeness (QED) is 0.800. The van der Waals surface area contributed by atoms with E-state index in [2.05, 4.69) is 0 Å². The summed E-state index contributed by atoms with van der Waals surface area (Å²) in [6.07, 6.45) is 2.50. The number of benzene rings is 1. The molecule has 0 fully saturated rings. The molecule has 0 unspecified atom stereocenters. The number of aromatic nitrogens is 1. The van der Waals surface area contributed by atoms with Crippen molar-refractivity contribution in [3.63, 3.8) is 0 Å². The molecule has 0 saturated heterocycles. The van der Waals surface area contributed by atoms with Gasteiger partial charge in [0.1, 0.15) is 11.6 Å². The highest BCUT2D eigenvalue weighted by Crippen LogP contribution is 2.01. The fourth-order valence-corrected chi connectivity index (χ4v) is 1.69. The number of nitrogens with zero attached hydrogens (tertiary/aromatic N) is 2. The maximum atomic E-state index is 11.8. The first kappa shape index (κ1) is 11.2. The Morgan fingerprint density at radius 3 is 2.59 bits per heavy atom. The summed E-state index contributed by atoms with van der Waals surface area (Å²) >= 11 is 0. The second kappa shape index (κ2) is 5.13. The Morgan fingerprint density at radius 1 is 1.12 bits per heavy atom. The number of nitriles is 1. The van der Waals surface area contributed by atoms with Crippen molar-refractivity contribution in [3.8, 4) is 6.07 Å². The number of hydrogen-bond acceptors (Lipinski definition) is 2. The molecule has 0 N–H and O–H groups in total. The van der Waals surface area contributed by atoms with Crippen LogP contribution in [0.5, 0.6) is 0 Å². The van der Waals surface area contributed by atoms with Crippen molar-refractivity contribution >= 4 is 0 Å². The molecule has 1 aromatic heterocycles. The lowest BCUT2D eigenvalue weighted by Crippen LogP contribution is -2.22. The Bertz CT molecular complexity index is 594. The summed E-state index contributed by atoms with van der Waals surface area (Å²) in [4.78, 5) is 11.8. The molecule has 0 aliphatic carbocycles. The van der Waals surface area contributed by atoms with Gasteiger partial charge in [0.05, 0.1) is 0 Å². The molecule has 0 saturated carbocycles. The molecule has 1 heterocycles. The molecule has 17 heavy (non-hydrogen) atoms. The van der Waals surface area contributed by atoms with Crippen molar-refractivity contribution in [2.75, 3.05) is 0 Å². The van der Waals surface area contributed by atoms with E-state index in [1.54, 1.807) is 22.9 Å². The van der Waals surface area contributed by atoms with Crippen LogP contribution in [0.15, 0.2) is 53.5 Å². The predicted octanol–water partition coefficient (Wildman–Crippen LogP) is 1.96. The average Bonchev–Trinajstić information content (AvgIpc) is 2.39. The molecule has 1 aromatic carbocycles. The molecule has 3 nitrogen and oxygen atoms in total. The minimum atomic E-state index is -0.217. The van der Waals surface area contributed by atoms with E-state index in [0.29, 0.717) is 6.54 Å². The van der Waals surface area contributed by atoms with Gasteiger partial charge >= 0.3 is 0 Å². The topological polar surface area (TPSA) is 45.8 Å². The summed E-state index contributed by atoms with van der Waals surface area (Å²) in [5.74, 6) is 0. The van der Waals surface area contributed by atoms with Crippen LogP contribution < -0.4 is 5.56 Å². The molecule has 0 bridgehead atoms. The van der Waals surface area contributed by atoms with Crippen LogP contribution in [-0.4, -0.2) is 4.57 Å². The lowest BCUT2D eigenvalue weighted by Gasteiger charge is -2.05. The number of pyridine rings is 1. The minimum Gasteiger partial charge on any atom is -0.314 e. The number of rotatable bonds is 3. The van der Waals surface area contributed by atoms with Gasteiger partial charge in [0.25, 0.3) is 5.56 Å². The molecule has 0 radical (unpaired) electrons. The molecule has 0 spiro atoms. The van der Waals surface area contributed by atoms with E-state index in [0.717, 1.165) is 6.42 Å². The van der Waals surface area contributed by atoms with Gasteiger partial charge in [-0.25, -0.2) is 0 Å². The molecule has 2 aromatic rings. The highest BCUT2D eigenvalue weighted by Gasteiger charge is 2.01. The van der Waals surface area contributed by atoms with Crippen LogP contribution in [0.3, 0.4) is 0 Å². The summed E-state index contributed by atoms with van der Waals surface area (Å²) < 4.78 is 1.57.